The van der Waals surface area contributed by atoms with E-state index in [1.807, 2.05) is 0 Å². The van der Waals surface area contributed by atoms with E-state index in [4.69, 9.17) is 28.0 Å². The Morgan fingerprint density at radius 1 is 0.692 bits per heavy atom. The van der Waals surface area contributed by atoms with E-state index in [1.54, 1.807) is 13.1 Å². The van der Waals surface area contributed by atoms with E-state index in [2.05, 4.69) is 57.3 Å². The molecule has 0 spiro atoms. The van der Waals surface area contributed by atoms with E-state index in [9.17, 15) is 14.9 Å². The minimum Gasteiger partial charge on any atom is -0.349 e. The number of nitrogens with one attached hydrogen (secondary N) is 1. The summed E-state index contributed by atoms with van der Waals surface area (Å²) < 4.78 is 42.2. The second kappa shape index (κ2) is 39.2. The molecule has 378 valence electrons. The summed E-state index contributed by atoms with van der Waals surface area (Å²) in [6.07, 6.45) is 36.4. The first-order valence-electron chi connectivity index (χ1n) is 26.7. The van der Waals surface area contributed by atoms with Gasteiger partial charge in [-0.05, 0) is 47.5 Å². The molecule has 1 N–H and O–H groups in total. The van der Waals surface area contributed by atoms with Crippen molar-refractivity contribution in [3.05, 3.63) is 32.6 Å². The van der Waals surface area contributed by atoms with Gasteiger partial charge in [-0.1, -0.05) is 181 Å². The van der Waals surface area contributed by atoms with E-state index < -0.39 is 44.7 Å². The lowest BCUT2D eigenvalue weighted by Gasteiger charge is -2.36. The predicted molar refractivity (Wildman–Crippen MR) is 267 cm³/mol. The van der Waals surface area contributed by atoms with Crippen molar-refractivity contribution in [3.8, 4) is 6.07 Å². The molecule has 1 aromatic heterocycles. The van der Waals surface area contributed by atoms with E-state index in [-0.39, 0.29) is 31.7 Å². The van der Waals surface area contributed by atoms with Gasteiger partial charge in [0, 0.05) is 30.3 Å². The number of unbranched alkanes of at least 4 members (excludes halogenated alkanes) is 26. The Labute approximate surface area is 397 Å². The minimum absolute atomic E-state index is 0.122. The summed E-state index contributed by atoms with van der Waals surface area (Å²) >= 11 is 0. The summed E-state index contributed by atoms with van der Waals surface area (Å²) in [6, 6.07) is 2.42. The lowest BCUT2D eigenvalue weighted by molar-refractivity contribution is -0.309. The number of ether oxygens (including phenoxy) is 4. The second-order valence-corrected chi connectivity index (χ2v) is 20.5. The maximum atomic E-state index is 13.1. The number of hydrogen-bond acceptors (Lipinski definition) is 10. The fourth-order valence-corrected chi connectivity index (χ4v) is 10.3. The molecular weight excluding hydrogens is 840 g/mol. The van der Waals surface area contributed by atoms with Gasteiger partial charge in [-0.3, -0.25) is 14.3 Å². The van der Waals surface area contributed by atoms with Crippen molar-refractivity contribution in [1.29, 1.82) is 5.26 Å². The molecule has 4 atom stereocenters. The molecule has 0 aromatic carbocycles. The van der Waals surface area contributed by atoms with Crippen molar-refractivity contribution >= 4 is 8.53 Å². The average molecular weight is 937 g/mol. The van der Waals surface area contributed by atoms with Gasteiger partial charge in [0.05, 0.1) is 45.0 Å². The molecular formula is C52H97N4O8P. The summed E-state index contributed by atoms with van der Waals surface area (Å²) in [5, 5.41) is 9.23. The molecule has 13 heteroatoms. The Hall–Kier alpha value is -1.68. The van der Waals surface area contributed by atoms with Crippen LogP contribution in [0.2, 0.25) is 0 Å². The Kier molecular flexibility index (Phi) is 35.8. The highest BCUT2D eigenvalue weighted by Crippen LogP contribution is 2.47. The first kappa shape index (κ1) is 59.4. The third-order valence-corrected chi connectivity index (χ3v) is 14.5. The molecule has 1 aliphatic heterocycles. The van der Waals surface area contributed by atoms with Crippen LogP contribution in [0.25, 0.3) is 0 Å². The van der Waals surface area contributed by atoms with Crippen LogP contribution in [0.4, 0.5) is 0 Å². The monoisotopic (exact) mass is 937 g/mol. The lowest BCUT2D eigenvalue weighted by Crippen LogP contribution is -2.37. The number of aromatic amines is 1. The SMILES string of the molecule is CCCCCCCCCCCCCCCCOC(OCCCCCCCCCCCCCCCC)O[C@@H]1C[C@H](n2cc(C)c(=O)[nH]c2=O)OC1COP(OCCC#N)N(C(C)C)C(C)C. The van der Waals surface area contributed by atoms with Crippen LogP contribution in [-0.2, 0) is 28.0 Å². The van der Waals surface area contributed by atoms with Gasteiger partial charge in [0.25, 0.3) is 20.6 Å². The van der Waals surface area contributed by atoms with Crippen molar-refractivity contribution in [1.82, 2.24) is 14.2 Å². The van der Waals surface area contributed by atoms with E-state index in [0.717, 1.165) is 25.7 Å². The molecule has 1 saturated heterocycles. The fourth-order valence-electron chi connectivity index (χ4n) is 8.64. The second-order valence-electron chi connectivity index (χ2n) is 19.1. The summed E-state index contributed by atoms with van der Waals surface area (Å²) in [5.74, 6) is 0. The quantitative estimate of drug-likeness (QED) is 0.0382. The molecule has 2 unspecified atom stereocenters. The molecule has 2 heterocycles. The molecule has 0 aliphatic carbocycles. The number of H-pyrrole nitrogens is 1. The Bertz CT molecular complexity index is 1390. The van der Waals surface area contributed by atoms with Crippen LogP contribution in [0.1, 0.15) is 246 Å². The molecule has 0 radical (unpaired) electrons. The first-order chi connectivity index (χ1) is 31.6. The minimum atomic E-state index is -1.54. The first-order valence-corrected chi connectivity index (χ1v) is 27.8. The molecule has 2 rings (SSSR count). The molecule has 1 aliphatic rings. The third kappa shape index (κ3) is 27.8. The van der Waals surface area contributed by atoms with E-state index in [1.165, 1.54) is 159 Å². The van der Waals surface area contributed by atoms with Crippen LogP contribution >= 0.6 is 8.53 Å². The molecule has 12 nitrogen and oxygen atoms in total. The van der Waals surface area contributed by atoms with Crippen molar-refractivity contribution in [2.75, 3.05) is 26.4 Å². The number of aromatic nitrogens is 2. The van der Waals surface area contributed by atoms with Crippen molar-refractivity contribution in [2.24, 2.45) is 0 Å². The molecule has 0 amide bonds. The van der Waals surface area contributed by atoms with Gasteiger partial charge < -0.3 is 28.0 Å². The van der Waals surface area contributed by atoms with Crippen molar-refractivity contribution < 1.29 is 28.0 Å². The average Bonchev–Trinajstić information content (AvgIpc) is 3.67. The van der Waals surface area contributed by atoms with Crippen LogP contribution in [0.3, 0.4) is 0 Å². The third-order valence-electron chi connectivity index (χ3n) is 12.4. The highest BCUT2D eigenvalue weighted by atomic mass is 31.2. The highest BCUT2D eigenvalue weighted by molar-refractivity contribution is 7.44. The van der Waals surface area contributed by atoms with Crippen molar-refractivity contribution in [3.63, 3.8) is 0 Å². The van der Waals surface area contributed by atoms with Crippen LogP contribution < -0.4 is 11.2 Å². The van der Waals surface area contributed by atoms with Crippen LogP contribution in [-0.4, -0.2) is 71.4 Å². The molecule has 1 aromatic rings. The summed E-state index contributed by atoms with van der Waals surface area (Å²) in [4.78, 5) is 27.8. The van der Waals surface area contributed by atoms with E-state index in [0.29, 0.717) is 25.2 Å². The van der Waals surface area contributed by atoms with Gasteiger partial charge in [-0.25, -0.2) is 9.46 Å². The Balaban J connectivity index is 2.02. The van der Waals surface area contributed by atoms with E-state index >= 15 is 0 Å². The van der Waals surface area contributed by atoms with Gasteiger partial charge in [0.2, 0.25) is 0 Å². The largest absolute Gasteiger partial charge is 0.349 e. The Morgan fingerprint density at radius 3 is 1.54 bits per heavy atom. The highest BCUT2D eigenvalue weighted by Gasteiger charge is 2.41. The fraction of sp³-hybridized carbons (Fsp3) is 0.904. The number of rotatable bonds is 44. The van der Waals surface area contributed by atoms with Gasteiger partial charge in [-0.2, -0.15) is 5.26 Å². The molecule has 0 saturated carbocycles. The van der Waals surface area contributed by atoms with Gasteiger partial charge in [0.1, 0.15) is 12.3 Å². The topological polar surface area (TPSA) is 137 Å². The lowest BCUT2D eigenvalue weighted by atomic mass is 10.0. The zero-order chi connectivity index (χ0) is 47.3. The maximum absolute atomic E-state index is 13.1. The smallest absolute Gasteiger partial charge is 0.330 e. The number of nitriles is 1. The molecule has 65 heavy (non-hydrogen) atoms. The van der Waals surface area contributed by atoms with Gasteiger partial charge in [-0.15, -0.1) is 0 Å². The summed E-state index contributed by atoms with van der Waals surface area (Å²) in [5.41, 5.74) is -0.554. The zero-order valence-corrected chi connectivity index (χ0v) is 43.5. The maximum Gasteiger partial charge on any atom is 0.330 e. The number of nitrogens with zero attached hydrogens (tertiary/aromatic N) is 3. The van der Waals surface area contributed by atoms with Crippen LogP contribution in [0, 0.1) is 18.3 Å². The van der Waals surface area contributed by atoms with Crippen molar-refractivity contribution in [2.45, 2.75) is 278 Å². The molecule has 0 bridgehead atoms. The Morgan fingerprint density at radius 2 is 1.12 bits per heavy atom. The summed E-state index contributed by atoms with van der Waals surface area (Å²) in [6.45, 7) is 15.1. The van der Waals surface area contributed by atoms with Crippen LogP contribution in [0.5, 0.6) is 0 Å². The zero-order valence-electron chi connectivity index (χ0n) is 42.6. The van der Waals surface area contributed by atoms with Gasteiger partial charge in [0.15, 0.2) is 0 Å². The number of hydrogen-bond donors (Lipinski definition) is 1. The van der Waals surface area contributed by atoms with Gasteiger partial charge >= 0.3 is 5.69 Å². The normalized spacial score (nSPS) is 17.0. The van der Waals surface area contributed by atoms with Crippen LogP contribution in [0.15, 0.2) is 15.8 Å². The predicted octanol–water partition coefficient (Wildman–Crippen LogP) is 14.1. The standard InChI is InChI=1S/C52H97N4O8P/c1-8-10-12-14-16-18-20-22-24-26-28-30-32-34-38-59-52(60-39-35-33-31-29-27-25-23-21-19-17-15-13-11-9-2)64-47-41-49(55-42-46(7)50(57)54-51(55)58)63-48(47)43-62-65(61-40-36-37-53)56(44(3)4)45(5)6/h42,44-45,47-49,52H,8-36,38-41,43H2,1-7H3,(H,54,57,58)/t47-,48?,49-,65?/m1/s1. The molecule has 1 fully saturated rings. The number of aryl methyl sites for hydroxylation is 1. The summed E-state index contributed by atoms with van der Waals surface area (Å²) in [7, 11) is -1.54.